The minimum Gasteiger partial charge on any atom is -0.288 e. The SMILES string of the molecule is CCCCN(CCC)C1(C)SC=C(c2ccc3c(c2)C(C)(C)CCC3(C)C)C1C. The number of thioether (sulfide) groups is 1. The van der Waals surface area contributed by atoms with Gasteiger partial charge in [0.1, 0.15) is 0 Å². The van der Waals surface area contributed by atoms with E-state index in [2.05, 4.69) is 95.7 Å². The van der Waals surface area contributed by atoms with Crippen molar-refractivity contribution in [3.63, 3.8) is 0 Å². The van der Waals surface area contributed by atoms with Crippen LogP contribution in [0.25, 0.3) is 5.57 Å². The Labute approximate surface area is 184 Å². The van der Waals surface area contributed by atoms with Crippen LogP contribution in [0, 0.1) is 5.92 Å². The van der Waals surface area contributed by atoms with E-state index in [9.17, 15) is 0 Å². The molecule has 0 amide bonds. The van der Waals surface area contributed by atoms with Crippen molar-refractivity contribution in [1.82, 2.24) is 4.90 Å². The molecule has 2 atom stereocenters. The summed E-state index contributed by atoms with van der Waals surface area (Å²) in [5, 5.41) is 2.47. The third-order valence-corrected chi connectivity index (χ3v) is 9.24. The van der Waals surface area contributed by atoms with Gasteiger partial charge in [0.25, 0.3) is 0 Å². The van der Waals surface area contributed by atoms with Gasteiger partial charge in [-0.1, -0.05) is 73.1 Å². The molecule has 0 fully saturated rings. The first-order valence-corrected chi connectivity index (χ1v) is 12.7. The van der Waals surface area contributed by atoms with Gasteiger partial charge in [-0.2, -0.15) is 0 Å². The van der Waals surface area contributed by atoms with Gasteiger partial charge in [0.15, 0.2) is 0 Å². The van der Waals surface area contributed by atoms with Crippen LogP contribution in [-0.4, -0.2) is 22.9 Å². The molecule has 2 aliphatic rings. The Hall–Kier alpha value is -0.730. The Morgan fingerprint density at radius 1 is 0.931 bits per heavy atom. The van der Waals surface area contributed by atoms with Crippen molar-refractivity contribution in [1.29, 1.82) is 0 Å². The van der Waals surface area contributed by atoms with Crippen molar-refractivity contribution in [3.8, 4) is 0 Å². The van der Waals surface area contributed by atoms with Gasteiger partial charge in [0.05, 0.1) is 4.87 Å². The fourth-order valence-corrected chi connectivity index (χ4v) is 6.65. The van der Waals surface area contributed by atoms with Crippen LogP contribution >= 0.6 is 11.8 Å². The first kappa shape index (κ1) is 22.9. The molecular formula is C27H43NS. The highest BCUT2D eigenvalue weighted by Crippen LogP contribution is 2.52. The van der Waals surface area contributed by atoms with Gasteiger partial charge in [-0.25, -0.2) is 0 Å². The number of fused-ring (bicyclic) bond motifs is 1. The highest BCUT2D eigenvalue weighted by molar-refractivity contribution is 8.03. The molecule has 2 heteroatoms. The van der Waals surface area contributed by atoms with Crippen molar-refractivity contribution in [2.75, 3.05) is 13.1 Å². The Morgan fingerprint density at radius 3 is 2.21 bits per heavy atom. The normalized spacial score (nSPS) is 27.8. The van der Waals surface area contributed by atoms with Gasteiger partial charge in [0, 0.05) is 5.92 Å². The second kappa shape index (κ2) is 8.42. The quantitative estimate of drug-likeness (QED) is 0.445. The monoisotopic (exact) mass is 413 g/mol. The zero-order chi connectivity index (χ0) is 21.4. The Bertz CT molecular complexity index is 760. The maximum atomic E-state index is 2.75. The fourth-order valence-electron chi connectivity index (χ4n) is 5.28. The highest BCUT2D eigenvalue weighted by atomic mass is 32.2. The molecule has 162 valence electrons. The maximum absolute atomic E-state index is 2.75. The summed E-state index contributed by atoms with van der Waals surface area (Å²) in [6.45, 7) is 21.7. The number of nitrogens with zero attached hydrogens (tertiary/aromatic N) is 1. The topological polar surface area (TPSA) is 3.24 Å². The van der Waals surface area contributed by atoms with Crippen molar-refractivity contribution in [2.45, 2.75) is 103 Å². The molecule has 2 unspecified atom stereocenters. The van der Waals surface area contributed by atoms with Gasteiger partial charge in [-0.3, -0.25) is 4.90 Å². The summed E-state index contributed by atoms with van der Waals surface area (Å²) < 4.78 is 0. The Balaban J connectivity index is 1.93. The van der Waals surface area contributed by atoms with Crippen LogP contribution in [0.5, 0.6) is 0 Å². The lowest BCUT2D eigenvalue weighted by Gasteiger charge is -2.43. The average molecular weight is 414 g/mol. The van der Waals surface area contributed by atoms with Gasteiger partial charge in [-0.05, 0) is 84.2 Å². The first-order valence-electron chi connectivity index (χ1n) is 11.8. The Kier molecular flexibility index (Phi) is 6.66. The number of rotatable bonds is 7. The second-order valence-electron chi connectivity index (χ2n) is 10.8. The van der Waals surface area contributed by atoms with Crippen LogP contribution in [0.3, 0.4) is 0 Å². The van der Waals surface area contributed by atoms with Crippen LogP contribution in [0.15, 0.2) is 23.6 Å². The van der Waals surface area contributed by atoms with Crippen molar-refractivity contribution in [2.24, 2.45) is 5.92 Å². The molecule has 1 heterocycles. The van der Waals surface area contributed by atoms with E-state index in [4.69, 9.17) is 0 Å². The smallest absolute Gasteiger partial charge is 0.0749 e. The molecule has 1 aromatic rings. The standard InChI is InChI=1S/C27H43NS/c1-9-11-17-28(16-10-2)27(8)20(3)22(19-29-27)21-12-13-23-24(18-21)26(6,7)15-14-25(23,4)5/h12-13,18-20H,9-11,14-17H2,1-8H3. The van der Waals surface area contributed by atoms with Crippen molar-refractivity contribution < 1.29 is 0 Å². The molecule has 1 nitrogen and oxygen atoms in total. The molecule has 0 bridgehead atoms. The molecular weight excluding hydrogens is 370 g/mol. The minimum atomic E-state index is 0.172. The molecule has 1 aliphatic carbocycles. The summed E-state index contributed by atoms with van der Waals surface area (Å²) in [4.78, 5) is 2.92. The number of unbranched alkanes of at least 4 members (excludes halogenated alkanes) is 1. The molecule has 0 radical (unpaired) electrons. The number of hydrogen-bond donors (Lipinski definition) is 0. The fraction of sp³-hybridized carbons (Fsp3) is 0.704. The lowest BCUT2D eigenvalue weighted by atomic mass is 9.62. The molecule has 1 aromatic carbocycles. The van der Waals surface area contributed by atoms with E-state index >= 15 is 0 Å². The summed E-state index contributed by atoms with van der Waals surface area (Å²) in [5.41, 5.74) is 6.70. The molecule has 0 saturated carbocycles. The zero-order valence-electron chi connectivity index (χ0n) is 20.2. The molecule has 0 saturated heterocycles. The van der Waals surface area contributed by atoms with E-state index in [0.29, 0.717) is 11.3 Å². The second-order valence-corrected chi connectivity index (χ2v) is 12.1. The van der Waals surface area contributed by atoms with Crippen LogP contribution in [0.1, 0.15) is 104 Å². The van der Waals surface area contributed by atoms with Gasteiger partial charge < -0.3 is 0 Å². The van der Waals surface area contributed by atoms with E-state index < -0.39 is 0 Å². The van der Waals surface area contributed by atoms with Crippen molar-refractivity contribution in [3.05, 3.63) is 40.3 Å². The predicted octanol–water partition coefficient (Wildman–Crippen LogP) is 7.99. The third-order valence-electron chi connectivity index (χ3n) is 7.78. The average Bonchev–Trinajstić information content (AvgIpc) is 2.98. The van der Waals surface area contributed by atoms with Crippen LogP contribution < -0.4 is 0 Å². The van der Waals surface area contributed by atoms with Crippen LogP contribution in [0.4, 0.5) is 0 Å². The summed E-state index contributed by atoms with van der Waals surface area (Å²) in [6, 6.07) is 7.40. The summed E-state index contributed by atoms with van der Waals surface area (Å²) in [6.07, 6.45) is 6.34. The number of hydrogen-bond acceptors (Lipinski definition) is 2. The van der Waals surface area contributed by atoms with Crippen LogP contribution in [-0.2, 0) is 10.8 Å². The van der Waals surface area contributed by atoms with Gasteiger partial charge in [0.2, 0.25) is 0 Å². The highest BCUT2D eigenvalue weighted by Gasteiger charge is 2.44. The number of benzene rings is 1. The van der Waals surface area contributed by atoms with Gasteiger partial charge in [-0.15, -0.1) is 11.8 Å². The molecule has 0 N–H and O–H groups in total. The van der Waals surface area contributed by atoms with Crippen molar-refractivity contribution >= 4 is 17.3 Å². The summed E-state index contributed by atoms with van der Waals surface area (Å²) in [5.74, 6) is 0.536. The van der Waals surface area contributed by atoms with E-state index in [1.165, 1.54) is 56.3 Å². The largest absolute Gasteiger partial charge is 0.288 e. The molecule has 29 heavy (non-hydrogen) atoms. The van der Waals surface area contributed by atoms with E-state index in [1.807, 2.05) is 0 Å². The van der Waals surface area contributed by atoms with E-state index in [0.717, 1.165) is 0 Å². The minimum absolute atomic E-state index is 0.172. The molecule has 1 aliphatic heterocycles. The summed E-state index contributed by atoms with van der Waals surface area (Å²) in [7, 11) is 0. The lowest BCUT2D eigenvalue weighted by Crippen LogP contribution is -2.47. The molecule has 0 spiro atoms. The van der Waals surface area contributed by atoms with E-state index in [1.54, 1.807) is 11.1 Å². The maximum Gasteiger partial charge on any atom is 0.0749 e. The third kappa shape index (κ3) is 4.22. The lowest BCUT2D eigenvalue weighted by molar-refractivity contribution is 0.154. The molecule has 0 aromatic heterocycles. The predicted molar refractivity (Wildman–Crippen MR) is 132 cm³/mol. The zero-order valence-corrected chi connectivity index (χ0v) is 21.0. The Morgan fingerprint density at radius 2 is 1.59 bits per heavy atom. The summed E-state index contributed by atoms with van der Waals surface area (Å²) >= 11 is 2.06. The van der Waals surface area contributed by atoms with E-state index in [-0.39, 0.29) is 10.3 Å². The van der Waals surface area contributed by atoms with Crippen LogP contribution in [0.2, 0.25) is 0 Å². The molecule has 3 rings (SSSR count). The van der Waals surface area contributed by atoms with Gasteiger partial charge >= 0.3 is 0 Å². The first-order chi connectivity index (χ1) is 13.6.